The summed E-state index contributed by atoms with van der Waals surface area (Å²) in [6, 6.07) is 4.15. The Morgan fingerprint density at radius 3 is 2.94 bits per heavy atom. The van der Waals surface area contributed by atoms with Crippen LogP contribution >= 0.6 is 0 Å². The maximum atomic E-state index is 4.60. The van der Waals surface area contributed by atoms with Crippen molar-refractivity contribution in [1.82, 2.24) is 19.2 Å². The van der Waals surface area contributed by atoms with E-state index in [-0.39, 0.29) is 0 Å². The fourth-order valence-corrected chi connectivity index (χ4v) is 1.89. The van der Waals surface area contributed by atoms with E-state index in [0.29, 0.717) is 0 Å². The van der Waals surface area contributed by atoms with Crippen LogP contribution in [0.25, 0.3) is 16.9 Å². The molecule has 0 atom stereocenters. The van der Waals surface area contributed by atoms with Crippen molar-refractivity contribution in [2.45, 2.75) is 20.4 Å². The second-order valence-corrected chi connectivity index (χ2v) is 4.18. The van der Waals surface area contributed by atoms with Gasteiger partial charge in [-0.1, -0.05) is 0 Å². The molecule has 0 fully saturated rings. The van der Waals surface area contributed by atoms with Gasteiger partial charge in [-0.15, -0.1) is 0 Å². The lowest BCUT2D eigenvalue weighted by Gasteiger charge is -1.92. The first-order valence-corrected chi connectivity index (χ1v) is 5.74. The van der Waals surface area contributed by atoms with E-state index in [0.717, 1.165) is 23.4 Å². The molecule has 0 unspecified atom stereocenters. The third-order valence-corrected chi connectivity index (χ3v) is 2.87. The van der Waals surface area contributed by atoms with Gasteiger partial charge in [-0.05, 0) is 31.5 Å². The van der Waals surface area contributed by atoms with E-state index < -0.39 is 0 Å². The number of aromatic nitrogens is 4. The number of nitrogens with zero attached hydrogens (tertiary/aromatic N) is 4. The summed E-state index contributed by atoms with van der Waals surface area (Å²) in [6.07, 6.45) is 7.95. The highest BCUT2D eigenvalue weighted by atomic mass is 15.3. The Morgan fingerprint density at radius 1 is 1.29 bits per heavy atom. The lowest BCUT2D eigenvalue weighted by atomic mass is 10.3. The van der Waals surface area contributed by atoms with Gasteiger partial charge in [-0.2, -0.15) is 5.10 Å². The minimum absolute atomic E-state index is 0.881. The van der Waals surface area contributed by atoms with Crippen LogP contribution < -0.4 is 0 Å². The van der Waals surface area contributed by atoms with Gasteiger partial charge in [0.05, 0.1) is 11.9 Å². The van der Waals surface area contributed by atoms with Crippen LogP contribution in [0.1, 0.15) is 12.5 Å². The summed E-state index contributed by atoms with van der Waals surface area (Å²) in [7, 11) is 0. The minimum Gasteiger partial charge on any atom is -0.306 e. The van der Waals surface area contributed by atoms with Crippen LogP contribution in [0.2, 0.25) is 0 Å². The second-order valence-electron chi connectivity index (χ2n) is 4.18. The highest BCUT2D eigenvalue weighted by Crippen LogP contribution is 2.18. The topological polar surface area (TPSA) is 35.1 Å². The van der Waals surface area contributed by atoms with Crippen molar-refractivity contribution in [3.63, 3.8) is 0 Å². The largest absolute Gasteiger partial charge is 0.306 e. The van der Waals surface area contributed by atoms with Crippen LogP contribution in [0.5, 0.6) is 0 Å². The van der Waals surface area contributed by atoms with Gasteiger partial charge >= 0.3 is 0 Å². The highest BCUT2D eigenvalue weighted by molar-refractivity contribution is 5.61. The van der Waals surface area contributed by atoms with Gasteiger partial charge in [0.15, 0.2) is 0 Å². The fraction of sp³-hybridized carbons (Fsp3) is 0.231. The molecule has 3 aromatic rings. The van der Waals surface area contributed by atoms with Crippen molar-refractivity contribution in [1.29, 1.82) is 0 Å². The number of aryl methyl sites for hydroxylation is 2. The Balaban J connectivity index is 2.11. The molecular formula is C13H14N4. The SMILES string of the molecule is CCn1cc(-c2cn3ccc(C)cc3n2)cn1. The molecule has 4 heteroatoms. The van der Waals surface area contributed by atoms with Crippen molar-refractivity contribution in [2.24, 2.45) is 0 Å². The maximum absolute atomic E-state index is 4.60. The number of rotatable bonds is 2. The summed E-state index contributed by atoms with van der Waals surface area (Å²) < 4.78 is 3.94. The van der Waals surface area contributed by atoms with Gasteiger partial charge < -0.3 is 4.40 Å². The molecule has 0 aliphatic heterocycles. The highest BCUT2D eigenvalue weighted by Gasteiger charge is 2.06. The first-order valence-electron chi connectivity index (χ1n) is 5.74. The first-order chi connectivity index (χ1) is 8.26. The second kappa shape index (κ2) is 3.73. The van der Waals surface area contributed by atoms with E-state index >= 15 is 0 Å². The van der Waals surface area contributed by atoms with Crippen molar-refractivity contribution in [3.8, 4) is 11.3 Å². The normalized spacial score (nSPS) is 11.2. The lowest BCUT2D eigenvalue weighted by Crippen LogP contribution is -1.91. The lowest BCUT2D eigenvalue weighted by molar-refractivity contribution is 0.660. The first kappa shape index (κ1) is 10.1. The number of pyridine rings is 1. The molecule has 17 heavy (non-hydrogen) atoms. The Labute approximate surface area is 99.5 Å². The molecule has 0 bridgehead atoms. The number of hydrogen-bond acceptors (Lipinski definition) is 2. The molecule has 0 amide bonds. The van der Waals surface area contributed by atoms with Crippen molar-refractivity contribution in [3.05, 3.63) is 42.5 Å². The molecule has 0 saturated carbocycles. The molecule has 4 nitrogen and oxygen atoms in total. The predicted molar refractivity (Wildman–Crippen MR) is 66.8 cm³/mol. The maximum Gasteiger partial charge on any atom is 0.137 e. The Bertz CT molecular complexity index is 663. The molecule has 0 saturated heterocycles. The van der Waals surface area contributed by atoms with Gasteiger partial charge in [0.25, 0.3) is 0 Å². The summed E-state index contributed by atoms with van der Waals surface area (Å²) in [6.45, 7) is 5.03. The summed E-state index contributed by atoms with van der Waals surface area (Å²) in [5.41, 5.74) is 4.23. The molecule has 0 radical (unpaired) electrons. The van der Waals surface area contributed by atoms with Crippen LogP contribution in [-0.4, -0.2) is 19.2 Å². The molecule has 0 spiro atoms. The summed E-state index contributed by atoms with van der Waals surface area (Å²) in [4.78, 5) is 4.60. The van der Waals surface area contributed by atoms with Gasteiger partial charge in [-0.3, -0.25) is 4.68 Å². The zero-order valence-electron chi connectivity index (χ0n) is 9.96. The van der Waals surface area contributed by atoms with Crippen LogP contribution in [0.3, 0.4) is 0 Å². The Kier molecular flexibility index (Phi) is 2.21. The van der Waals surface area contributed by atoms with Crippen molar-refractivity contribution >= 4 is 5.65 Å². The Morgan fingerprint density at radius 2 is 2.18 bits per heavy atom. The third kappa shape index (κ3) is 1.71. The van der Waals surface area contributed by atoms with Gasteiger partial charge in [0, 0.05) is 30.7 Å². The summed E-state index contributed by atoms with van der Waals surface area (Å²) in [5.74, 6) is 0. The van der Waals surface area contributed by atoms with Gasteiger partial charge in [0.2, 0.25) is 0 Å². The molecular weight excluding hydrogens is 212 g/mol. The monoisotopic (exact) mass is 226 g/mol. The van der Waals surface area contributed by atoms with E-state index in [2.05, 4.69) is 36.1 Å². The molecule has 0 N–H and O–H groups in total. The van der Waals surface area contributed by atoms with Crippen LogP contribution in [0.4, 0.5) is 0 Å². The van der Waals surface area contributed by atoms with Crippen LogP contribution in [0.15, 0.2) is 36.9 Å². The van der Waals surface area contributed by atoms with Crippen molar-refractivity contribution < 1.29 is 0 Å². The number of imidazole rings is 1. The quantitative estimate of drug-likeness (QED) is 0.673. The molecule has 86 valence electrons. The van der Waals surface area contributed by atoms with Crippen LogP contribution in [0, 0.1) is 6.92 Å². The molecule has 3 aromatic heterocycles. The van der Waals surface area contributed by atoms with E-state index in [1.807, 2.05) is 33.9 Å². The van der Waals surface area contributed by atoms with E-state index in [1.165, 1.54) is 5.56 Å². The predicted octanol–water partition coefficient (Wildman–Crippen LogP) is 2.53. The van der Waals surface area contributed by atoms with Gasteiger partial charge in [0.1, 0.15) is 5.65 Å². The smallest absolute Gasteiger partial charge is 0.137 e. The molecule has 3 rings (SSSR count). The zero-order chi connectivity index (χ0) is 11.8. The third-order valence-electron chi connectivity index (χ3n) is 2.87. The minimum atomic E-state index is 0.881. The number of hydrogen-bond donors (Lipinski definition) is 0. The molecule has 3 heterocycles. The molecule has 0 aliphatic rings. The van der Waals surface area contributed by atoms with E-state index in [1.54, 1.807) is 0 Å². The average Bonchev–Trinajstić information content (AvgIpc) is 2.93. The standard InChI is InChI=1S/C13H14N4/c1-3-17-8-11(7-14-17)12-9-16-5-4-10(2)6-13(16)15-12/h4-9H,3H2,1-2H3. The number of fused-ring (bicyclic) bond motifs is 1. The Hall–Kier alpha value is -2.10. The fourth-order valence-electron chi connectivity index (χ4n) is 1.89. The summed E-state index contributed by atoms with van der Waals surface area (Å²) in [5, 5.41) is 4.27. The zero-order valence-corrected chi connectivity index (χ0v) is 9.96. The molecule has 0 aromatic carbocycles. The average molecular weight is 226 g/mol. The van der Waals surface area contributed by atoms with Gasteiger partial charge in [-0.25, -0.2) is 4.98 Å². The van der Waals surface area contributed by atoms with E-state index in [9.17, 15) is 0 Å². The molecule has 0 aliphatic carbocycles. The van der Waals surface area contributed by atoms with Crippen molar-refractivity contribution in [2.75, 3.05) is 0 Å². The van der Waals surface area contributed by atoms with E-state index in [4.69, 9.17) is 0 Å². The summed E-state index contributed by atoms with van der Waals surface area (Å²) >= 11 is 0. The van der Waals surface area contributed by atoms with Crippen LogP contribution in [-0.2, 0) is 6.54 Å².